The normalized spacial score (nSPS) is 10.4. The molecule has 0 aromatic carbocycles. The van der Waals surface area contributed by atoms with Crippen molar-refractivity contribution in [1.82, 2.24) is 20.0 Å². The van der Waals surface area contributed by atoms with Gasteiger partial charge in [0.25, 0.3) is 0 Å². The van der Waals surface area contributed by atoms with Gasteiger partial charge in [0.2, 0.25) is 5.65 Å². The number of aromatic nitrogens is 4. The third kappa shape index (κ3) is 1.30. The van der Waals surface area contributed by atoms with E-state index < -0.39 is 6.09 Å². The van der Waals surface area contributed by atoms with Gasteiger partial charge in [0, 0.05) is 6.20 Å². The van der Waals surface area contributed by atoms with E-state index in [0.29, 0.717) is 17.8 Å². The largest absolute Gasteiger partial charge is 0.448 e. The molecule has 0 saturated carbocycles. The molecule has 0 spiro atoms. The summed E-state index contributed by atoms with van der Waals surface area (Å²) in [5.74, 6) is 0. The maximum absolute atomic E-state index is 11.3. The smallest absolute Gasteiger partial charge is 0.436 e. The van der Waals surface area contributed by atoms with Crippen molar-refractivity contribution >= 4 is 17.3 Å². The second kappa shape index (κ2) is 3.41. The molecule has 2 aromatic rings. The Morgan fingerprint density at radius 1 is 1.64 bits per heavy atom. The van der Waals surface area contributed by atoms with Crippen molar-refractivity contribution in [1.29, 1.82) is 0 Å². The van der Waals surface area contributed by atoms with Gasteiger partial charge in [-0.2, -0.15) is 0 Å². The second-order valence-corrected chi connectivity index (χ2v) is 2.55. The number of rotatable bonds is 1. The van der Waals surface area contributed by atoms with Crippen molar-refractivity contribution in [3.8, 4) is 0 Å². The lowest BCUT2D eigenvalue weighted by molar-refractivity contribution is 0.151. The van der Waals surface area contributed by atoms with Crippen molar-refractivity contribution in [2.75, 3.05) is 6.61 Å². The summed E-state index contributed by atoms with van der Waals surface area (Å²) in [5.41, 5.74) is 0.978. The summed E-state index contributed by atoms with van der Waals surface area (Å²) in [7, 11) is 0. The van der Waals surface area contributed by atoms with Crippen LogP contribution in [0, 0.1) is 0 Å². The average Bonchev–Trinajstić information content (AvgIpc) is 2.61. The van der Waals surface area contributed by atoms with Gasteiger partial charge in [-0.1, -0.05) is 5.21 Å². The first-order chi connectivity index (χ1) is 6.83. The van der Waals surface area contributed by atoms with E-state index in [2.05, 4.69) is 15.3 Å². The maximum atomic E-state index is 11.3. The zero-order valence-electron chi connectivity index (χ0n) is 7.54. The van der Waals surface area contributed by atoms with Gasteiger partial charge in [-0.15, -0.1) is 9.78 Å². The van der Waals surface area contributed by atoms with Gasteiger partial charge in [0.1, 0.15) is 5.52 Å². The molecule has 14 heavy (non-hydrogen) atoms. The first-order valence-corrected chi connectivity index (χ1v) is 4.16. The lowest BCUT2D eigenvalue weighted by atomic mass is 10.4. The Hall–Kier alpha value is -1.98. The molecule has 0 bridgehead atoms. The van der Waals surface area contributed by atoms with Crippen LogP contribution in [-0.4, -0.2) is 32.7 Å². The highest BCUT2D eigenvalue weighted by Crippen LogP contribution is 2.06. The molecule has 2 aromatic heterocycles. The van der Waals surface area contributed by atoms with Gasteiger partial charge in [-0.05, 0) is 19.1 Å². The molecule has 0 aliphatic heterocycles. The molecular formula is C8H8N4O2. The van der Waals surface area contributed by atoms with Gasteiger partial charge >= 0.3 is 6.09 Å². The SMILES string of the molecule is CCOC(=O)n1nnc2ncccc21. The number of hydrogen-bond acceptors (Lipinski definition) is 5. The molecule has 2 rings (SSSR count). The summed E-state index contributed by atoms with van der Waals surface area (Å²) in [6, 6.07) is 3.42. The molecule has 0 N–H and O–H groups in total. The van der Waals surface area contributed by atoms with Crippen LogP contribution in [0.15, 0.2) is 18.3 Å². The number of carbonyl (C=O) groups is 1. The van der Waals surface area contributed by atoms with Crippen molar-refractivity contribution in [3.05, 3.63) is 18.3 Å². The molecule has 0 aliphatic carbocycles. The van der Waals surface area contributed by atoms with Crippen LogP contribution < -0.4 is 0 Å². The molecule has 0 aliphatic rings. The Morgan fingerprint density at radius 3 is 3.29 bits per heavy atom. The Balaban J connectivity index is 2.47. The molecule has 72 valence electrons. The lowest BCUT2D eigenvalue weighted by Gasteiger charge is -1.99. The lowest BCUT2D eigenvalue weighted by Crippen LogP contribution is -2.14. The molecule has 0 saturated heterocycles. The standard InChI is InChI=1S/C8H8N4O2/c1-2-14-8(13)12-6-4-3-5-9-7(6)10-11-12/h3-5H,2H2,1H3. The molecule has 0 fully saturated rings. The van der Waals surface area contributed by atoms with Gasteiger partial charge in [-0.3, -0.25) is 0 Å². The van der Waals surface area contributed by atoms with Crippen molar-refractivity contribution in [2.24, 2.45) is 0 Å². The van der Waals surface area contributed by atoms with E-state index in [1.165, 1.54) is 0 Å². The van der Waals surface area contributed by atoms with E-state index in [1.54, 1.807) is 25.3 Å². The Kier molecular flexibility index (Phi) is 2.10. The fourth-order valence-corrected chi connectivity index (χ4v) is 1.09. The molecule has 0 amide bonds. The number of nitrogens with zero attached hydrogens (tertiary/aromatic N) is 4. The number of hydrogen-bond donors (Lipinski definition) is 0. The van der Waals surface area contributed by atoms with Gasteiger partial charge in [-0.25, -0.2) is 9.78 Å². The first-order valence-electron chi connectivity index (χ1n) is 4.16. The average molecular weight is 192 g/mol. The molecule has 0 unspecified atom stereocenters. The summed E-state index contributed by atoms with van der Waals surface area (Å²) in [4.78, 5) is 15.3. The topological polar surface area (TPSA) is 69.9 Å². The Labute approximate surface area is 79.5 Å². The van der Waals surface area contributed by atoms with Gasteiger partial charge in [0.15, 0.2) is 0 Å². The Morgan fingerprint density at radius 2 is 2.50 bits per heavy atom. The van der Waals surface area contributed by atoms with Crippen LogP contribution in [0.4, 0.5) is 4.79 Å². The predicted octanol–water partition coefficient (Wildman–Crippen LogP) is 0.831. The quantitative estimate of drug-likeness (QED) is 0.669. The fraction of sp³-hybridized carbons (Fsp3) is 0.250. The van der Waals surface area contributed by atoms with Crippen molar-refractivity contribution < 1.29 is 9.53 Å². The van der Waals surface area contributed by atoms with Crippen LogP contribution in [0.3, 0.4) is 0 Å². The predicted molar refractivity (Wildman–Crippen MR) is 47.7 cm³/mol. The molecule has 2 heterocycles. The minimum absolute atomic E-state index is 0.306. The minimum atomic E-state index is -0.539. The number of pyridine rings is 1. The zero-order valence-corrected chi connectivity index (χ0v) is 7.54. The monoisotopic (exact) mass is 192 g/mol. The number of fused-ring (bicyclic) bond motifs is 1. The van der Waals surface area contributed by atoms with Gasteiger partial charge in [0.05, 0.1) is 6.61 Å². The van der Waals surface area contributed by atoms with Crippen LogP contribution in [0.25, 0.3) is 11.2 Å². The zero-order chi connectivity index (χ0) is 9.97. The van der Waals surface area contributed by atoms with Crippen LogP contribution in [-0.2, 0) is 4.74 Å². The minimum Gasteiger partial charge on any atom is -0.448 e. The molecule has 6 heteroatoms. The van der Waals surface area contributed by atoms with Crippen LogP contribution in [0.1, 0.15) is 6.92 Å². The number of ether oxygens (including phenoxy) is 1. The second-order valence-electron chi connectivity index (χ2n) is 2.55. The van der Waals surface area contributed by atoms with E-state index in [9.17, 15) is 4.79 Å². The Bertz CT molecular complexity index is 465. The fourth-order valence-electron chi connectivity index (χ4n) is 1.09. The molecular weight excluding hydrogens is 184 g/mol. The third-order valence-electron chi connectivity index (χ3n) is 1.66. The summed E-state index contributed by atoms with van der Waals surface area (Å²) < 4.78 is 5.88. The number of carbonyl (C=O) groups excluding carboxylic acids is 1. The highest BCUT2D eigenvalue weighted by Gasteiger charge is 2.12. The van der Waals surface area contributed by atoms with E-state index in [-0.39, 0.29) is 0 Å². The van der Waals surface area contributed by atoms with E-state index >= 15 is 0 Å². The molecule has 0 atom stereocenters. The third-order valence-corrected chi connectivity index (χ3v) is 1.66. The summed E-state index contributed by atoms with van der Waals surface area (Å²) in [6.45, 7) is 2.04. The van der Waals surface area contributed by atoms with E-state index in [4.69, 9.17) is 4.74 Å². The summed E-state index contributed by atoms with van der Waals surface area (Å²) in [6.07, 6.45) is 1.05. The van der Waals surface area contributed by atoms with E-state index in [0.717, 1.165) is 4.68 Å². The maximum Gasteiger partial charge on any atom is 0.436 e. The highest BCUT2D eigenvalue weighted by molar-refractivity contribution is 5.82. The highest BCUT2D eigenvalue weighted by atomic mass is 16.6. The van der Waals surface area contributed by atoms with E-state index in [1.807, 2.05) is 0 Å². The van der Waals surface area contributed by atoms with Crippen LogP contribution in [0.5, 0.6) is 0 Å². The first kappa shape index (κ1) is 8.61. The summed E-state index contributed by atoms with van der Waals surface area (Å²) in [5, 5.41) is 7.37. The van der Waals surface area contributed by atoms with Crippen LogP contribution in [0.2, 0.25) is 0 Å². The molecule has 6 nitrogen and oxygen atoms in total. The van der Waals surface area contributed by atoms with Gasteiger partial charge < -0.3 is 4.74 Å². The van der Waals surface area contributed by atoms with Crippen LogP contribution >= 0.6 is 0 Å². The summed E-state index contributed by atoms with van der Waals surface area (Å²) >= 11 is 0. The van der Waals surface area contributed by atoms with Crippen molar-refractivity contribution in [3.63, 3.8) is 0 Å². The molecule has 0 radical (unpaired) electrons. The van der Waals surface area contributed by atoms with Crippen molar-refractivity contribution in [2.45, 2.75) is 6.92 Å².